The molecule has 3 rings (SSSR count). The van der Waals surface area contributed by atoms with Crippen LogP contribution in [0, 0.1) is 6.92 Å². The van der Waals surface area contributed by atoms with Gasteiger partial charge in [-0.2, -0.15) is 0 Å². The van der Waals surface area contributed by atoms with Crippen LogP contribution in [0.1, 0.15) is 10.4 Å². The SMILES string of the molecule is Cc1ccc2ncnc(N(C)Cc3ccc(Br)s3)c2c1. The molecule has 2 aromatic heterocycles. The van der Waals surface area contributed by atoms with Crippen molar-refractivity contribution in [3.63, 3.8) is 0 Å². The van der Waals surface area contributed by atoms with Gasteiger partial charge in [0.2, 0.25) is 0 Å². The van der Waals surface area contributed by atoms with Crippen molar-refractivity contribution in [2.45, 2.75) is 13.5 Å². The molecule has 5 heteroatoms. The topological polar surface area (TPSA) is 29.0 Å². The Hall–Kier alpha value is -1.46. The molecule has 0 atom stereocenters. The van der Waals surface area contributed by atoms with Crippen LogP contribution in [0.5, 0.6) is 0 Å². The second-order valence-electron chi connectivity index (χ2n) is 4.78. The van der Waals surface area contributed by atoms with Crippen LogP contribution in [0.2, 0.25) is 0 Å². The van der Waals surface area contributed by atoms with Crippen LogP contribution < -0.4 is 4.90 Å². The van der Waals surface area contributed by atoms with Crippen molar-refractivity contribution in [1.29, 1.82) is 0 Å². The van der Waals surface area contributed by atoms with E-state index in [2.05, 4.69) is 69.0 Å². The smallest absolute Gasteiger partial charge is 0.139 e. The molecule has 3 aromatic rings. The van der Waals surface area contributed by atoms with Crippen molar-refractivity contribution in [2.24, 2.45) is 0 Å². The lowest BCUT2D eigenvalue weighted by Gasteiger charge is -2.18. The van der Waals surface area contributed by atoms with E-state index in [4.69, 9.17) is 0 Å². The van der Waals surface area contributed by atoms with E-state index in [-0.39, 0.29) is 0 Å². The maximum atomic E-state index is 4.46. The van der Waals surface area contributed by atoms with Gasteiger partial charge in [-0.3, -0.25) is 0 Å². The van der Waals surface area contributed by atoms with Crippen LogP contribution in [-0.2, 0) is 6.54 Å². The van der Waals surface area contributed by atoms with E-state index in [1.807, 2.05) is 6.07 Å². The number of hydrogen-bond donors (Lipinski definition) is 0. The van der Waals surface area contributed by atoms with E-state index in [1.54, 1.807) is 17.7 Å². The molecule has 102 valence electrons. The summed E-state index contributed by atoms with van der Waals surface area (Å²) in [5, 5.41) is 1.10. The molecule has 0 aliphatic rings. The fourth-order valence-corrected chi connectivity index (χ4v) is 3.74. The minimum absolute atomic E-state index is 0.844. The highest BCUT2D eigenvalue weighted by atomic mass is 79.9. The van der Waals surface area contributed by atoms with Gasteiger partial charge in [-0.05, 0) is 47.1 Å². The van der Waals surface area contributed by atoms with Crippen molar-refractivity contribution in [3.05, 3.63) is 50.9 Å². The minimum atomic E-state index is 0.844. The van der Waals surface area contributed by atoms with E-state index in [0.29, 0.717) is 0 Å². The van der Waals surface area contributed by atoms with Gasteiger partial charge in [0.1, 0.15) is 12.1 Å². The first-order valence-corrected chi connectivity index (χ1v) is 7.91. The van der Waals surface area contributed by atoms with E-state index in [0.717, 1.165) is 27.1 Å². The molecular formula is C15H14BrN3S. The average Bonchev–Trinajstić information content (AvgIpc) is 2.83. The number of nitrogens with zero attached hydrogens (tertiary/aromatic N) is 3. The molecule has 0 unspecified atom stereocenters. The Morgan fingerprint density at radius 3 is 2.80 bits per heavy atom. The third-order valence-electron chi connectivity index (χ3n) is 3.15. The monoisotopic (exact) mass is 347 g/mol. The molecule has 0 spiro atoms. The van der Waals surface area contributed by atoms with Gasteiger partial charge in [-0.15, -0.1) is 11.3 Å². The summed E-state index contributed by atoms with van der Waals surface area (Å²) in [6.45, 7) is 2.93. The van der Waals surface area contributed by atoms with E-state index < -0.39 is 0 Å². The van der Waals surface area contributed by atoms with Crippen molar-refractivity contribution in [2.75, 3.05) is 11.9 Å². The molecule has 3 nitrogen and oxygen atoms in total. The van der Waals surface area contributed by atoms with Crippen molar-refractivity contribution >= 4 is 44.0 Å². The maximum absolute atomic E-state index is 4.46. The molecular weight excluding hydrogens is 334 g/mol. The minimum Gasteiger partial charge on any atom is -0.354 e. The second-order valence-corrected chi connectivity index (χ2v) is 7.33. The number of thiophene rings is 1. The van der Waals surface area contributed by atoms with Gasteiger partial charge < -0.3 is 4.90 Å². The number of hydrogen-bond acceptors (Lipinski definition) is 4. The van der Waals surface area contributed by atoms with E-state index in [9.17, 15) is 0 Å². The van der Waals surface area contributed by atoms with Gasteiger partial charge in [0.15, 0.2) is 0 Å². The molecule has 2 heterocycles. The third kappa shape index (κ3) is 2.69. The second kappa shape index (κ2) is 5.50. The van der Waals surface area contributed by atoms with E-state index >= 15 is 0 Å². The van der Waals surface area contributed by atoms with Gasteiger partial charge in [-0.25, -0.2) is 9.97 Å². The highest BCUT2D eigenvalue weighted by Gasteiger charge is 2.10. The van der Waals surface area contributed by atoms with Gasteiger partial charge in [0, 0.05) is 17.3 Å². The Morgan fingerprint density at radius 1 is 1.20 bits per heavy atom. The Morgan fingerprint density at radius 2 is 2.05 bits per heavy atom. The van der Waals surface area contributed by atoms with Gasteiger partial charge in [-0.1, -0.05) is 11.6 Å². The average molecular weight is 348 g/mol. The van der Waals surface area contributed by atoms with Crippen molar-refractivity contribution in [3.8, 4) is 0 Å². The normalized spacial score (nSPS) is 10.9. The quantitative estimate of drug-likeness (QED) is 0.703. The number of halogens is 1. The van der Waals surface area contributed by atoms with Gasteiger partial charge in [0.25, 0.3) is 0 Å². The van der Waals surface area contributed by atoms with Crippen LogP contribution in [0.3, 0.4) is 0 Å². The highest BCUT2D eigenvalue weighted by molar-refractivity contribution is 9.11. The summed E-state index contributed by atoms with van der Waals surface area (Å²) >= 11 is 5.25. The van der Waals surface area contributed by atoms with Crippen molar-refractivity contribution in [1.82, 2.24) is 9.97 Å². The Kier molecular flexibility index (Phi) is 3.72. The first-order chi connectivity index (χ1) is 9.63. The molecule has 0 N–H and O–H groups in total. The standard InChI is InChI=1S/C15H14BrN3S/c1-10-3-5-13-12(7-10)15(18-9-17-13)19(2)8-11-4-6-14(16)20-11/h3-7,9H,8H2,1-2H3. The van der Waals surface area contributed by atoms with Crippen LogP contribution in [-0.4, -0.2) is 17.0 Å². The Bertz CT molecular complexity index is 754. The number of aryl methyl sites for hydroxylation is 1. The first kappa shape index (κ1) is 13.5. The highest BCUT2D eigenvalue weighted by Crippen LogP contribution is 2.27. The molecule has 0 aliphatic carbocycles. The van der Waals surface area contributed by atoms with Crippen molar-refractivity contribution < 1.29 is 0 Å². The summed E-state index contributed by atoms with van der Waals surface area (Å²) in [4.78, 5) is 12.3. The lowest BCUT2D eigenvalue weighted by Crippen LogP contribution is -2.17. The number of rotatable bonds is 3. The summed E-state index contributed by atoms with van der Waals surface area (Å²) < 4.78 is 1.16. The summed E-state index contributed by atoms with van der Waals surface area (Å²) in [6.07, 6.45) is 1.63. The zero-order valence-electron chi connectivity index (χ0n) is 11.3. The zero-order valence-corrected chi connectivity index (χ0v) is 13.7. The summed E-state index contributed by atoms with van der Waals surface area (Å²) in [6, 6.07) is 10.5. The molecule has 0 bridgehead atoms. The molecule has 0 amide bonds. The fraction of sp³-hybridized carbons (Fsp3) is 0.200. The van der Waals surface area contributed by atoms with Crippen LogP contribution >= 0.6 is 27.3 Å². The fourth-order valence-electron chi connectivity index (χ4n) is 2.21. The molecule has 1 aromatic carbocycles. The Labute approximate surface area is 130 Å². The number of fused-ring (bicyclic) bond motifs is 1. The Balaban J connectivity index is 1.98. The molecule has 0 saturated carbocycles. The predicted octanol–water partition coefficient (Wildman–Crippen LogP) is 4.40. The zero-order chi connectivity index (χ0) is 14.1. The van der Waals surface area contributed by atoms with Crippen LogP contribution in [0.15, 0.2) is 40.4 Å². The maximum Gasteiger partial charge on any atom is 0.139 e. The molecule has 0 radical (unpaired) electrons. The lowest BCUT2D eigenvalue weighted by atomic mass is 10.1. The summed E-state index contributed by atoms with van der Waals surface area (Å²) in [5.74, 6) is 0.975. The van der Waals surface area contributed by atoms with E-state index in [1.165, 1.54) is 10.4 Å². The number of anilines is 1. The predicted molar refractivity (Wildman–Crippen MR) is 88.4 cm³/mol. The lowest BCUT2D eigenvalue weighted by molar-refractivity contribution is 0.914. The number of aromatic nitrogens is 2. The molecule has 0 aliphatic heterocycles. The molecule has 20 heavy (non-hydrogen) atoms. The van der Waals surface area contributed by atoms with Gasteiger partial charge in [0.05, 0.1) is 15.8 Å². The number of benzene rings is 1. The van der Waals surface area contributed by atoms with Crippen LogP contribution in [0.25, 0.3) is 10.9 Å². The molecule has 0 saturated heterocycles. The molecule has 0 fully saturated rings. The summed E-state index contributed by atoms with van der Waals surface area (Å²) in [7, 11) is 2.07. The first-order valence-electron chi connectivity index (χ1n) is 6.30. The van der Waals surface area contributed by atoms with Gasteiger partial charge >= 0.3 is 0 Å². The largest absolute Gasteiger partial charge is 0.354 e. The summed E-state index contributed by atoms with van der Waals surface area (Å²) in [5.41, 5.74) is 2.21. The third-order valence-corrected chi connectivity index (χ3v) is 4.76. The van der Waals surface area contributed by atoms with Crippen LogP contribution in [0.4, 0.5) is 5.82 Å².